The highest BCUT2D eigenvalue weighted by Crippen LogP contribution is 2.27. The van der Waals surface area contributed by atoms with Crippen molar-refractivity contribution in [2.24, 2.45) is 0 Å². The molecule has 0 saturated carbocycles. The number of esters is 1. The first-order chi connectivity index (χ1) is 13.5. The number of allylic oxidation sites excluding steroid dienone is 4. The maximum absolute atomic E-state index is 11.8. The molecule has 0 bridgehead atoms. The second-order valence-electron chi connectivity index (χ2n) is 6.15. The quantitative estimate of drug-likeness (QED) is 0.398. The van der Waals surface area contributed by atoms with Gasteiger partial charge in [0, 0.05) is 12.3 Å². The van der Waals surface area contributed by atoms with Crippen LogP contribution >= 0.6 is 0 Å². The third-order valence-electron chi connectivity index (χ3n) is 3.99. The topological polar surface area (TPSA) is 98.6 Å². The monoisotopic (exact) mass is 384 g/mol. The summed E-state index contributed by atoms with van der Waals surface area (Å²) in [7, 11) is 1.32. The summed E-state index contributed by atoms with van der Waals surface area (Å²) < 4.78 is 10.5. The Labute approximate surface area is 163 Å². The molecular formula is C21H24N2O5. The first-order valence-corrected chi connectivity index (χ1v) is 9.00. The van der Waals surface area contributed by atoms with Crippen molar-refractivity contribution in [3.05, 3.63) is 53.8 Å². The molecule has 0 amide bonds. The number of methoxy groups -OCH3 is 1. The molecule has 28 heavy (non-hydrogen) atoms. The number of aliphatic carboxylic acids is 1. The molecule has 1 heterocycles. The molecule has 7 heteroatoms. The van der Waals surface area contributed by atoms with Crippen LogP contribution in [0.4, 0.5) is 0 Å². The van der Waals surface area contributed by atoms with E-state index in [1.165, 1.54) is 7.11 Å². The molecule has 2 rings (SSSR count). The Morgan fingerprint density at radius 2 is 2.00 bits per heavy atom. The number of benzene rings is 1. The van der Waals surface area contributed by atoms with Gasteiger partial charge in [-0.05, 0) is 31.5 Å². The number of carboxylic acids is 1. The van der Waals surface area contributed by atoms with Crippen LogP contribution in [0.3, 0.4) is 0 Å². The Balaban J connectivity index is 2.40. The molecule has 0 aliphatic rings. The lowest BCUT2D eigenvalue weighted by Crippen LogP contribution is -2.08. The maximum atomic E-state index is 11.8. The van der Waals surface area contributed by atoms with E-state index >= 15 is 0 Å². The molecule has 0 aliphatic carbocycles. The van der Waals surface area contributed by atoms with Crippen molar-refractivity contribution in [2.45, 2.75) is 32.6 Å². The van der Waals surface area contributed by atoms with Crippen LogP contribution in [-0.2, 0) is 9.53 Å². The van der Waals surface area contributed by atoms with Crippen molar-refractivity contribution >= 4 is 23.0 Å². The molecule has 1 aromatic heterocycles. The minimum atomic E-state index is -0.876. The van der Waals surface area contributed by atoms with Gasteiger partial charge in [0.15, 0.2) is 0 Å². The summed E-state index contributed by atoms with van der Waals surface area (Å²) in [5, 5.41) is 8.78. The highest BCUT2D eigenvalue weighted by Gasteiger charge is 2.16. The highest BCUT2D eigenvalue weighted by molar-refractivity contribution is 5.93. The summed E-state index contributed by atoms with van der Waals surface area (Å²) in [4.78, 5) is 31.6. The minimum absolute atomic E-state index is 0.0135. The zero-order valence-electron chi connectivity index (χ0n) is 16.2. The van der Waals surface area contributed by atoms with Gasteiger partial charge in [0.1, 0.15) is 5.69 Å². The van der Waals surface area contributed by atoms with Crippen LogP contribution in [0.2, 0.25) is 0 Å². The fraction of sp³-hybridized carbons (Fsp3) is 0.333. The third-order valence-corrected chi connectivity index (χ3v) is 3.99. The van der Waals surface area contributed by atoms with Crippen molar-refractivity contribution in [3.8, 4) is 5.88 Å². The lowest BCUT2D eigenvalue weighted by atomic mass is 10.1. The van der Waals surface area contributed by atoms with Crippen LogP contribution in [0.25, 0.3) is 11.0 Å². The Kier molecular flexibility index (Phi) is 7.68. The summed E-state index contributed by atoms with van der Waals surface area (Å²) in [6.45, 7) is 4.12. The van der Waals surface area contributed by atoms with Gasteiger partial charge in [0.2, 0.25) is 5.88 Å². The molecule has 2 aromatic rings. The smallest absolute Gasteiger partial charge is 0.337 e. The molecule has 1 unspecified atom stereocenters. The van der Waals surface area contributed by atoms with E-state index in [1.54, 1.807) is 18.2 Å². The summed E-state index contributed by atoms with van der Waals surface area (Å²) in [5.41, 5.74) is 2.15. The SMILES string of the molecule is C/C=C\C=C/C(C)c1nc2ccc(C(=O)OC)cc2nc1OCCCC(=O)O. The van der Waals surface area contributed by atoms with E-state index in [4.69, 9.17) is 14.6 Å². The molecule has 0 radical (unpaired) electrons. The second-order valence-corrected chi connectivity index (χ2v) is 6.15. The molecule has 1 N–H and O–H groups in total. The van der Waals surface area contributed by atoms with E-state index in [1.807, 2.05) is 38.2 Å². The van der Waals surface area contributed by atoms with E-state index in [0.29, 0.717) is 34.6 Å². The van der Waals surface area contributed by atoms with Gasteiger partial charge in [-0.3, -0.25) is 4.79 Å². The molecule has 0 fully saturated rings. The van der Waals surface area contributed by atoms with E-state index in [9.17, 15) is 9.59 Å². The molecule has 0 spiro atoms. The summed E-state index contributed by atoms with van der Waals surface area (Å²) in [6.07, 6.45) is 8.11. The Bertz CT molecular complexity index is 905. The van der Waals surface area contributed by atoms with Crippen molar-refractivity contribution in [2.75, 3.05) is 13.7 Å². The lowest BCUT2D eigenvalue weighted by Gasteiger charge is -2.14. The number of carbonyl (C=O) groups excluding carboxylic acids is 1. The van der Waals surface area contributed by atoms with Crippen molar-refractivity contribution in [1.82, 2.24) is 9.97 Å². The fourth-order valence-corrected chi connectivity index (χ4v) is 2.52. The zero-order valence-corrected chi connectivity index (χ0v) is 16.2. The van der Waals surface area contributed by atoms with E-state index < -0.39 is 11.9 Å². The molecule has 0 saturated heterocycles. The zero-order chi connectivity index (χ0) is 20.5. The maximum Gasteiger partial charge on any atom is 0.337 e. The number of carboxylic acid groups (broad SMARTS) is 1. The number of hydrogen-bond acceptors (Lipinski definition) is 6. The van der Waals surface area contributed by atoms with E-state index in [-0.39, 0.29) is 18.9 Å². The van der Waals surface area contributed by atoms with Crippen molar-refractivity contribution in [1.29, 1.82) is 0 Å². The van der Waals surface area contributed by atoms with Gasteiger partial charge >= 0.3 is 11.9 Å². The molecule has 0 aliphatic heterocycles. The number of fused-ring (bicyclic) bond motifs is 1. The van der Waals surface area contributed by atoms with Crippen molar-refractivity contribution < 1.29 is 24.2 Å². The molecule has 148 valence electrons. The summed E-state index contributed by atoms with van der Waals surface area (Å²) in [6, 6.07) is 4.96. The third kappa shape index (κ3) is 5.64. The van der Waals surface area contributed by atoms with Gasteiger partial charge in [-0.1, -0.05) is 31.2 Å². The van der Waals surface area contributed by atoms with Crippen LogP contribution in [0.1, 0.15) is 48.7 Å². The van der Waals surface area contributed by atoms with Gasteiger partial charge in [-0.25, -0.2) is 14.8 Å². The standard InChI is InChI=1S/C21H24N2O5/c1-4-5-6-8-14(2)19-20(28-12-7-9-18(24)25)23-17-13-15(21(26)27-3)10-11-16(17)22-19/h4-6,8,10-11,13-14H,7,9,12H2,1-3H3,(H,24,25)/b5-4-,8-6-. The van der Waals surface area contributed by atoms with Gasteiger partial charge < -0.3 is 14.6 Å². The minimum Gasteiger partial charge on any atom is -0.481 e. The number of ether oxygens (including phenoxy) is 2. The number of nitrogens with zero attached hydrogens (tertiary/aromatic N) is 2. The van der Waals surface area contributed by atoms with Crippen LogP contribution in [0.15, 0.2) is 42.5 Å². The Morgan fingerprint density at radius 1 is 1.21 bits per heavy atom. The first kappa shape index (κ1) is 21.1. The molecule has 7 nitrogen and oxygen atoms in total. The van der Waals surface area contributed by atoms with Crippen LogP contribution < -0.4 is 4.74 Å². The predicted octanol–water partition coefficient (Wildman–Crippen LogP) is 3.90. The predicted molar refractivity (Wildman–Crippen MR) is 106 cm³/mol. The largest absolute Gasteiger partial charge is 0.481 e. The summed E-state index contributed by atoms with van der Waals surface area (Å²) in [5.74, 6) is -1.07. The normalized spacial score (nSPS) is 12.5. The Hall–Kier alpha value is -3.22. The molecule has 1 aromatic carbocycles. The van der Waals surface area contributed by atoms with Gasteiger partial charge in [0.05, 0.1) is 30.3 Å². The van der Waals surface area contributed by atoms with Gasteiger partial charge in [-0.15, -0.1) is 0 Å². The van der Waals surface area contributed by atoms with E-state index in [2.05, 4.69) is 9.97 Å². The second kappa shape index (κ2) is 10.2. The number of aromatic nitrogens is 2. The first-order valence-electron chi connectivity index (χ1n) is 9.00. The number of carbonyl (C=O) groups is 2. The van der Waals surface area contributed by atoms with Crippen LogP contribution in [0.5, 0.6) is 5.88 Å². The summed E-state index contributed by atoms with van der Waals surface area (Å²) >= 11 is 0. The van der Waals surface area contributed by atoms with Crippen molar-refractivity contribution in [3.63, 3.8) is 0 Å². The number of hydrogen-bond donors (Lipinski definition) is 1. The average Bonchev–Trinajstić information content (AvgIpc) is 2.69. The molecule has 1 atom stereocenters. The van der Waals surface area contributed by atoms with Crippen LogP contribution in [0, 0.1) is 0 Å². The number of rotatable bonds is 9. The molecular weight excluding hydrogens is 360 g/mol. The average molecular weight is 384 g/mol. The fourth-order valence-electron chi connectivity index (χ4n) is 2.52. The van der Waals surface area contributed by atoms with Crippen LogP contribution in [-0.4, -0.2) is 40.7 Å². The van der Waals surface area contributed by atoms with Gasteiger partial charge in [-0.2, -0.15) is 0 Å². The van der Waals surface area contributed by atoms with Gasteiger partial charge in [0.25, 0.3) is 0 Å². The lowest BCUT2D eigenvalue weighted by molar-refractivity contribution is -0.137. The van der Waals surface area contributed by atoms with E-state index in [0.717, 1.165) is 0 Å². The Morgan fingerprint density at radius 3 is 2.68 bits per heavy atom. The highest BCUT2D eigenvalue weighted by atomic mass is 16.5.